The van der Waals surface area contributed by atoms with E-state index in [0.717, 1.165) is 5.01 Å². The van der Waals surface area contributed by atoms with E-state index in [1.165, 1.54) is 23.1 Å². The molecule has 1 atom stereocenters. The second kappa shape index (κ2) is 10.6. The summed E-state index contributed by atoms with van der Waals surface area (Å²) in [6.07, 6.45) is 0. The average molecular weight is 476 g/mol. The monoisotopic (exact) mass is 475 g/mol. The fourth-order valence-electron chi connectivity index (χ4n) is 2.85. The smallest absolute Gasteiger partial charge is 0.251 e. The number of aryl methyl sites for hydroxylation is 1. The van der Waals surface area contributed by atoms with Gasteiger partial charge in [-0.05, 0) is 37.1 Å². The fraction of sp³-hybridized carbons (Fsp3) is 0.400. The van der Waals surface area contributed by atoms with E-state index in [2.05, 4.69) is 31.0 Å². The topological polar surface area (TPSA) is 124 Å². The van der Waals surface area contributed by atoms with E-state index < -0.39 is 0 Å². The van der Waals surface area contributed by atoms with E-state index in [9.17, 15) is 9.59 Å². The normalized spacial score (nSPS) is 11.9. The van der Waals surface area contributed by atoms with E-state index in [0.29, 0.717) is 27.4 Å². The molecule has 0 aliphatic carbocycles. The summed E-state index contributed by atoms with van der Waals surface area (Å²) in [7, 11) is 3.40. The quantitative estimate of drug-likeness (QED) is 0.453. The van der Waals surface area contributed by atoms with Gasteiger partial charge in [-0.15, -0.1) is 20.4 Å². The number of nitrogens with zero attached hydrogens (tertiary/aromatic N) is 5. The van der Waals surface area contributed by atoms with Crippen LogP contribution in [0.4, 0.5) is 5.13 Å². The predicted molar refractivity (Wildman–Crippen MR) is 123 cm³/mol. The molecule has 0 saturated heterocycles. The molecule has 2 N–H and O–H groups in total. The molecule has 2 aromatic heterocycles. The number of carbonyl (C=O) groups is 2. The summed E-state index contributed by atoms with van der Waals surface area (Å²) in [6.45, 7) is 5.82. The molecule has 1 aromatic carbocycles. The number of anilines is 1. The van der Waals surface area contributed by atoms with Crippen LogP contribution in [0.5, 0.6) is 5.75 Å². The van der Waals surface area contributed by atoms with Gasteiger partial charge in [0.1, 0.15) is 10.8 Å². The highest BCUT2D eigenvalue weighted by atomic mass is 32.2. The van der Waals surface area contributed by atoms with Gasteiger partial charge in [-0.1, -0.05) is 36.9 Å². The lowest BCUT2D eigenvalue weighted by molar-refractivity contribution is -0.113. The maximum absolute atomic E-state index is 12.8. The molecule has 10 nitrogen and oxygen atoms in total. The minimum Gasteiger partial charge on any atom is -0.497 e. The number of hydrogen-bond donors (Lipinski definition) is 2. The fourth-order valence-corrected chi connectivity index (χ4v) is 4.18. The summed E-state index contributed by atoms with van der Waals surface area (Å²) in [4.78, 5) is 25.0. The van der Waals surface area contributed by atoms with E-state index in [-0.39, 0.29) is 29.5 Å². The van der Waals surface area contributed by atoms with Gasteiger partial charge in [0.15, 0.2) is 11.0 Å². The maximum Gasteiger partial charge on any atom is 0.251 e. The van der Waals surface area contributed by atoms with Gasteiger partial charge >= 0.3 is 0 Å². The lowest BCUT2D eigenvalue weighted by Gasteiger charge is -2.21. The number of aromatic nitrogens is 5. The van der Waals surface area contributed by atoms with Crippen LogP contribution in [-0.4, -0.2) is 49.6 Å². The number of ether oxygens (including phenoxy) is 1. The Labute approximate surface area is 194 Å². The number of rotatable bonds is 9. The first kappa shape index (κ1) is 23.7. The molecule has 0 aliphatic heterocycles. The van der Waals surface area contributed by atoms with E-state index in [1.807, 2.05) is 27.8 Å². The Bertz CT molecular complexity index is 1080. The molecule has 0 aliphatic rings. The van der Waals surface area contributed by atoms with Crippen LogP contribution in [0, 0.1) is 12.8 Å². The number of benzene rings is 1. The standard InChI is InChI=1S/C20H25N7O3S2/c1-11(2)16(22-18(29)13-6-8-14(30-5)9-7-13)17-24-26-20(27(17)4)31-10-15(28)21-19-25-23-12(3)32-19/h6-9,11,16H,10H2,1-5H3,(H,22,29)(H,21,25,28)/t16-/m0/s1. The van der Waals surface area contributed by atoms with Gasteiger partial charge in [0.05, 0.1) is 18.9 Å². The van der Waals surface area contributed by atoms with Gasteiger partial charge in [0.25, 0.3) is 5.91 Å². The molecule has 2 heterocycles. The lowest BCUT2D eigenvalue weighted by Crippen LogP contribution is -2.33. The molecule has 0 unspecified atom stereocenters. The summed E-state index contributed by atoms with van der Waals surface area (Å²) < 4.78 is 6.94. The SMILES string of the molecule is COc1ccc(C(=O)N[C@H](c2nnc(SCC(=O)Nc3nnc(C)s3)n2C)C(C)C)cc1. The second-order valence-corrected chi connectivity index (χ2v) is 9.41. The second-order valence-electron chi connectivity index (χ2n) is 7.29. The van der Waals surface area contributed by atoms with Crippen molar-refractivity contribution < 1.29 is 14.3 Å². The summed E-state index contributed by atoms with van der Waals surface area (Å²) >= 11 is 2.57. The van der Waals surface area contributed by atoms with Crippen molar-refractivity contribution in [1.82, 2.24) is 30.3 Å². The van der Waals surface area contributed by atoms with Crippen LogP contribution in [0.1, 0.15) is 41.1 Å². The summed E-state index contributed by atoms with van der Waals surface area (Å²) in [6, 6.07) is 6.55. The van der Waals surface area contributed by atoms with Crippen molar-refractivity contribution in [3.8, 4) is 5.75 Å². The molecule has 3 rings (SSSR count). The van der Waals surface area contributed by atoms with Crippen molar-refractivity contribution in [3.63, 3.8) is 0 Å². The van der Waals surface area contributed by atoms with Gasteiger partial charge in [0.2, 0.25) is 11.0 Å². The lowest BCUT2D eigenvalue weighted by atomic mass is 10.0. The maximum atomic E-state index is 12.8. The third-order valence-electron chi connectivity index (χ3n) is 4.56. The summed E-state index contributed by atoms with van der Waals surface area (Å²) in [5, 5.41) is 23.8. The number of hydrogen-bond acceptors (Lipinski definition) is 9. The molecule has 0 fully saturated rings. The Morgan fingerprint density at radius 1 is 1.16 bits per heavy atom. The van der Waals surface area contributed by atoms with Gasteiger partial charge in [-0.3, -0.25) is 14.9 Å². The van der Waals surface area contributed by atoms with Crippen molar-refractivity contribution >= 4 is 40.0 Å². The number of methoxy groups -OCH3 is 1. The van der Waals surface area contributed by atoms with Crippen LogP contribution in [0.3, 0.4) is 0 Å². The molecule has 170 valence electrons. The number of amides is 2. The molecule has 32 heavy (non-hydrogen) atoms. The molecular weight excluding hydrogens is 450 g/mol. The molecule has 0 spiro atoms. The molecular formula is C20H25N7O3S2. The Morgan fingerprint density at radius 3 is 2.47 bits per heavy atom. The van der Waals surface area contributed by atoms with E-state index in [4.69, 9.17) is 4.74 Å². The number of nitrogens with one attached hydrogen (secondary N) is 2. The van der Waals surface area contributed by atoms with E-state index in [1.54, 1.807) is 35.9 Å². The largest absolute Gasteiger partial charge is 0.497 e. The highest BCUT2D eigenvalue weighted by molar-refractivity contribution is 7.99. The van der Waals surface area contributed by atoms with Gasteiger partial charge < -0.3 is 14.6 Å². The average Bonchev–Trinajstić information content (AvgIpc) is 3.35. The molecule has 3 aromatic rings. The molecule has 2 amide bonds. The third kappa shape index (κ3) is 5.82. The first-order valence-corrected chi connectivity index (χ1v) is 11.7. The van der Waals surface area contributed by atoms with Crippen LogP contribution in [0.15, 0.2) is 29.4 Å². The molecule has 12 heteroatoms. The first-order chi connectivity index (χ1) is 15.3. The Kier molecular flexibility index (Phi) is 7.80. The van der Waals surface area contributed by atoms with Crippen molar-refractivity contribution in [2.24, 2.45) is 13.0 Å². The van der Waals surface area contributed by atoms with Crippen LogP contribution in [-0.2, 0) is 11.8 Å². The van der Waals surface area contributed by atoms with E-state index >= 15 is 0 Å². The highest BCUT2D eigenvalue weighted by Gasteiger charge is 2.25. The Hall–Kier alpha value is -2.99. The Balaban J connectivity index is 1.65. The van der Waals surface area contributed by atoms with Gasteiger partial charge in [-0.2, -0.15) is 0 Å². The first-order valence-electron chi connectivity index (χ1n) is 9.85. The van der Waals surface area contributed by atoms with Crippen molar-refractivity contribution in [3.05, 3.63) is 40.7 Å². The molecule has 0 saturated carbocycles. The predicted octanol–water partition coefficient (Wildman–Crippen LogP) is 2.84. The van der Waals surface area contributed by atoms with Crippen LogP contribution >= 0.6 is 23.1 Å². The number of thioether (sulfide) groups is 1. The molecule has 0 radical (unpaired) electrons. The zero-order valence-electron chi connectivity index (χ0n) is 18.4. The number of carbonyl (C=O) groups excluding carboxylic acids is 2. The van der Waals surface area contributed by atoms with Gasteiger partial charge in [0, 0.05) is 12.6 Å². The highest BCUT2D eigenvalue weighted by Crippen LogP contribution is 2.25. The van der Waals surface area contributed by atoms with Crippen molar-refractivity contribution in [2.75, 3.05) is 18.2 Å². The minimum absolute atomic E-state index is 0.0712. The third-order valence-corrected chi connectivity index (χ3v) is 6.33. The Morgan fingerprint density at radius 2 is 1.88 bits per heavy atom. The van der Waals surface area contributed by atoms with Crippen molar-refractivity contribution in [2.45, 2.75) is 32.0 Å². The van der Waals surface area contributed by atoms with Crippen LogP contribution in [0.2, 0.25) is 0 Å². The minimum atomic E-state index is -0.352. The summed E-state index contributed by atoms with van der Waals surface area (Å²) in [5.74, 6) is 1.10. The summed E-state index contributed by atoms with van der Waals surface area (Å²) in [5.41, 5.74) is 0.525. The van der Waals surface area contributed by atoms with Crippen LogP contribution < -0.4 is 15.4 Å². The van der Waals surface area contributed by atoms with Crippen LogP contribution in [0.25, 0.3) is 0 Å². The zero-order chi connectivity index (χ0) is 23.3. The van der Waals surface area contributed by atoms with Gasteiger partial charge in [-0.25, -0.2) is 0 Å². The zero-order valence-corrected chi connectivity index (χ0v) is 20.1. The van der Waals surface area contributed by atoms with Crippen molar-refractivity contribution in [1.29, 1.82) is 0 Å². The molecule has 0 bridgehead atoms.